The second kappa shape index (κ2) is 5.89. The molecule has 0 aliphatic rings. The number of hydrogen-bond acceptors (Lipinski definition) is 3. The second-order valence-corrected chi connectivity index (χ2v) is 4.55. The van der Waals surface area contributed by atoms with Crippen LogP contribution in [0.1, 0.15) is 5.56 Å². The molecule has 0 unspecified atom stereocenters. The van der Waals surface area contributed by atoms with Gasteiger partial charge in [0.05, 0.1) is 7.11 Å². The van der Waals surface area contributed by atoms with Gasteiger partial charge in [-0.3, -0.25) is 0 Å². The second-order valence-electron chi connectivity index (χ2n) is 3.70. The zero-order valence-electron chi connectivity index (χ0n) is 10.0. The summed E-state index contributed by atoms with van der Waals surface area (Å²) in [6.07, 6.45) is 0. The number of halogens is 1. The summed E-state index contributed by atoms with van der Waals surface area (Å²) in [6, 6.07) is 13.2. The van der Waals surface area contributed by atoms with Crippen LogP contribution in [0.5, 0.6) is 17.2 Å². The molecule has 3 nitrogen and oxygen atoms in total. The zero-order valence-corrected chi connectivity index (χ0v) is 11.6. The van der Waals surface area contributed by atoms with Gasteiger partial charge in [-0.25, -0.2) is 0 Å². The summed E-state index contributed by atoms with van der Waals surface area (Å²) in [6.45, 7) is 0.424. The van der Waals surface area contributed by atoms with Crippen LogP contribution < -0.4 is 15.2 Å². The van der Waals surface area contributed by atoms with Crippen LogP contribution in [0.15, 0.2) is 46.9 Å². The van der Waals surface area contributed by atoms with Crippen LogP contribution in [-0.2, 0) is 6.54 Å². The zero-order chi connectivity index (χ0) is 13.0. The van der Waals surface area contributed by atoms with Gasteiger partial charge in [-0.15, -0.1) is 0 Å². The van der Waals surface area contributed by atoms with E-state index in [0.717, 1.165) is 27.3 Å². The van der Waals surface area contributed by atoms with Gasteiger partial charge in [-0.05, 0) is 36.4 Å². The highest BCUT2D eigenvalue weighted by Gasteiger charge is 2.07. The average molecular weight is 308 g/mol. The average Bonchev–Trinajstić information content (AvgIpc) is 2.40. The summed E-state index contributed by atoms with van der Waals surface area (Å²) < 4.78 is 11.9. The third-order valence-electron chi connectivity index (χ3n) is 2.57. The standard InChI is InChI=1S/C14H14BrNO2/c1-17-10-5-7-11(8-6-10)18-14-4-2-3-13(15)12(14)9-16/h2-8H,9,16H2,1H3. The SMILES string of the molecule is COc1ccc(Oc2cccc(Br)c2CN)cc1. The summed E-state index contributed by atoms with van der Waals surface area (Å²) in [7, 11) is 1.64. The third-order valence-corrected chi connectivity index (χ3v) is 3.31. The lowest BCUT2D eigenvalue weighted by Crippen LogP contribution is -2.00. The Morgan fingerprint density at radius 3 is 2.33 bits per heavy atom. The monoisotopic (exact) mass is 307 g/mol. The Morgan fingerprint density at radius 1 is 1.06 bits per heavy atom. The highest BCUT2D eigenvalue weighted by atomic mass is 79.9. The molecule has 0 heterocycles. The van der Waals surface area contributed by atoms with Gasteiger partial charge in [0.2, 0.25) is 0 Å². The van der Waals surface area contributed by atoms with Crippen LogP contribution in [0.2, 0.25) is 0 Å². The van der Waals surface area contributed by atoms with Crippen molar-refractivity contribution in [1.29, 1.82) is 0 Å². The van der Waals surface area contributed by atoms with E-state index in [1.54, 1.807) is 7.11 Å². The Bertz CT molecular complexity index is 526. The molecule has 94 valence electrons. The molecule has 0 saturated carbocycles. The quantitative estimate of drug-likeness (QED) is 0.936. The maximum absolute atomic E-state index is 5.82. The molecule has 18 heavy (non-hydrogen) atoms. The van der Waals surface area contributed by atoms with E-state index in [9.17, 15) is 0 Å². The molecule has 2 rings (SSSR count). The normalized spacial score (nSPS) is 10.2. The van der Waals surface area contributed by atoms with Gasteiger partial charge in [0, 0.05) is 16.6 Å². The number of benzene rings is 2. The number of ether oxygens (including phenoxy) is 2. The van der Waals surface area contributed by atoms with E-state index in [-0.39, 0.29) is 0 Å². The van der Waals surface area contributed by atoms with Crippen molar-refractivity contribution < 1.29 is 9.47 Å². The van der Waals surface area contributed by atoms with Gasteiger partial charge in [0.1, 0.15) is 17.2 Å². The summed E-state index contributed by atoms with van der Waals surface area (Å²) in [4.78, 5) is 0. The minimum absolute atomic E-state index is 0.424. The molecule has 0 fully saturated rings. The third kappa shape index (κ3) is 2.83. The number of rotatable bonds is 4. The molecule has 0 saturated heterocycles. The lowest BCUT2D eigenvalue weighted by molar-refractivity contribution is 0.412. The van der Waals surface area contributed by atoms with Crippen LogP contribution in [0.4, 0.5) is 0 Å². The molecule has 2 N–H and O–H groups in total. The number of hydrogen-bond donors (Lipinski definition) is 1. The molecule has 0 bridgehead atoms. The molecule has 0 atom stereocenters. The van der Waals surface area contributed by atoms with Crippen molar-refractivity contribution >= 4 is 15.9 Å². The fourth-order valence-corrected chi connectivity index (χ4v) is 2.11. The molecule has 0 amide bonds. The maximum Gasteiger partial charge on any atom is 0.133 e. The molecule has 2 aromatic carbocycles. The summed E-state index contributed by atoms with van der Waals surface area (Å²) in [5.74, 6) is 2.32. The summed E-state index contributed by atoms with van der Waals surface area (Å²) in [5.41, 5.74) is 6.67. The molecular weight excluding hydrogens is 294 g/mol. The molecule has 0 aliphatic carbocycles. The molecule has 0 aromatic heterocycles. The van der Waals surface area contributed by atoms with Gasteiger partial charge >= 0.3 is 0 Å². The predicted octanol–water partition coefficient (Wildman–Crippen LogP) is 3.71. The van der Waals surface area contributed by atoms with Crippen LogP contribution in [0.3, 0.4) is 0 Å². The number of methoxy groups -OCH3 is 1. The summed E-state index contributed by atoms with van der Waals surface area (Å²) >= 11 is 3.46. The molecule has 0 aliphatic heterocycles. The van der Waals surface area contributed by atoms with E-state index in [1.807, 2.05) is 42.5 Å². The lowest BCUT2D eigenvalue weighted by atomic mass is 10.2. The molecule has 0 radical (unpaired) electrons. The first-order valence-electron chi connectivity index (χ1n) is 5.54. The lowest BCUT2D eigenvalue weighted by Gasteiger charge is -2.11. The van der Waals surface area contributed by atoms with Gasteiger partial charge in [-0.1, -0.05) is 22.0 Å². The first kappa shape index (κ1) is 12.9. The maximum atomic E-state index is 5.82. The first-order valence-corrected chi connectivity index (χ1v) is 6.33. The van der Waals surface area contributed by atoms with E-state index in [4.69, 9.17) is 15.2 Å². The minimum Gasteiger partial charge on any atom is -0.497 e. The fourth-order valence-electron chi connectivity index (χ4n) is 1.60. The van der Waals surface area contributed by atoms with Crippen molar-refractivity contribution in [3.05, 3.63) is 52.5 Å². The van der Waals surface area contributed by atoms with E-state index in [0.29, 0.717) is 6.54 Å². The number of nitrogens with two attached hydrogens (primary N) is 1. The van der Waals surface area contributed by atoms with Crippen molar-refractivity contribution in [3.63, 3.8) is 0 Å². The van der Waals surface area contributed by atoms with Crippen LogP contribution in [-0.4, -0.2) is 7.11 Å². The van der Waals surface area contributed by atoms with E-state index in [1.165, 1.54) is 0 Å². The van der Waals surface area contributed by atoms with E-state index in [2.05, 4.69) is 15.9 Å². The summed E-state index contributed by atoms with van der Waals surface area (Å²) in [5, 5.41) is 0. The fraction of sp³-hybridized carbons (Fsp3) is 0.143. The predicted molar refractivity (Wildman–Crippen MR) is 75.1 cm³/mol. The van der Waals surface area contributed by atoms with Crippen molar-refractivity contribution in [2.45, 2.75) is 6.54 Å². The van der Waals surface area contributed by atoms with E-state index >= 15 is 0 Å². The molecule has 4 heteroatoms. The van der Waals surface area contributed by atoms with E-state index < -0.39 is 0 Å². The topological polar surface area (TPSA) is 44.5 Å². The Balaban J connectivity index is 2.25. The highest BCUT2D eigenvalue weighted by molar-refractivity contribution is 9.10. The van der Waals surface area contributed by atoms with Crippen molar-refractivity contribution in [1.82, 2.24) is 0 Å². The minimum atomic E-state index is 0.424. The molecule has 0 spiro atoms. The van der Waals surface area contributed by atoms with Crippen molar-refractivity contribution in [2.24, 2.45) is 5.73 Å². The smallest absolute Gasteiger partial charge is 0.133 e. The largest absolute Gasteiger partial charge is 0.497 e. The Labute approximate surface area is 115 Å². The Hall–Kier alpha value is -1.52. The van der Waals surface area contributed by atoms with Gasteiger partial charge in [0.15, 0.2) is 0 Å². The van der Waals surface area contributed by atoms with Crippen molar-refractivity contribution in [3.8, 4) is 17.2 Å². The van der Waals surface area contributed by atoms with Gasteiger partial charge in [0.25, 0.3) is 0 Å². The highest BCUT2D eigenvalue weighted by Crippen LogP contribution is 2.30. The van der Waals surface area contributed by atoms with Crippen LogP contribution >= 0.6 is 15.9 Å². The Morgan fingerprint density at radius 2 is 1.72 bits per heavy atom. The van der Waals surface area contributed by atoms with Gasteiger partial charge in [-0.2, -0.15) is 0 Å². The van der Waals surface area contributed by atoms with Crippen LogP contribution in [0.25, 0.3) is 0 Å². The van der Waals surface area contributed by atoms with Crippen molar-refractivity contribution in [2.75, 3.05) is 7.11 Å². The molecular formula is C14H14BrNO2. The Kier molecular flexibility index (Phi) is 4.23. The van der Waals surface area contributed by atoms with Crippen LogP contribution in [0, 0.1) is 0 Å². The first-order chi connectivity index (χ1) is 8.74. The molecule has 2 aromatic rings. The van der Waals surface area contributed by atoms with Gasteiger partial charge < -0.3 is 15.2 Å².